The molecule has 5 nitrogen and oxygen atoms in total. The molecule has 24 heavy (non-hydrogen) atoms. The maximum Gasteiger partial charge on any atom is 0.251 e. The Morgan fingerprint density at radius 2 is 2.29 bits per heavy atom. The number of hydrogen-bond acceptors (Lipinski definition) is 5. The fourth-order valence-corrected chi connectivity index (χ4v) is 4.00. The number of thiazole rings is 1. The molecule has 1 atom stereocenters. The highest BCUT2D eigenvalue weighted by molar-refractivity contribution is 7.16. The van der Waals surface area contributed by atoms with Crippen LogP contribution < -0.4 is 5.32 Å². The van der Waals surface area contributed by atoms with E-state index in [1.54, 1.807) is 23.0 Å². The van der Waals surface area contributed by atoms with E-state index in [1.165, 1.54) is 11.3 Å². The van der Waals surface area contributed by atoms with E-state index >= 15 is 0 Å². The van der Waals surface area contributed by atoms with Crippen molar-refractivity contribution in [1.82, 2.24) is 20.1 Å². The summed E-state index contributed by atoms with van der Waals surface area (Å²) in [7, 11) is 0. The minimum absolute atomic E-state index is 0.0117. The van der Waals surface area contributed by atoms with E-state index in [1.807, 2.05) is 40.5 Å². The van der Waals surface area contributed by atoms with Gasteiger partial charge in [0.15, 0.2) is 0 Å². The van der Waals surface area contributed by atoms with Crippen LogP contribution in [0.2, 0.25) is 0 Å². The van der Waals surface area contributed by atoms with E-state index in [9.17, 15) is 4.79 Å². The Bertz CT molecular complexity index is 910. The van der Waals surface area contributed by atoms with Gasteiger partial charge in [-0.15, -0.1) is 11.3 Å². The van der Waals surface area contributed by atoms with E-state index in [0.29, 0.717) is 12.1 Å². The van der Waals surface area contributed by atoms with Crippen molar-refractivity contribution < 1.29 is 4.79 Å². The molecular formula is C17H14N4OS2. The van der Waals surface area contributed by atoms with Crippen LogP contribution >= 0.6 is 22.7 Å². The summed E-state index contributed by atoms with van der Waals surface area (Å²) in [4.78, 5) is 16.7. The molecule has 0 bridgehead atoms. The zero-order valence-corrected chi connectivity index (χ0v) is 14.3. The van der Waals surface area contributed by atoms with Crippen LogP contribution in [0.5, 0.6) is 0 Å². The Balaban J connectivity index is 1.52. The largest absolute Gasteiger partial charge is 0.350 e. The van der Waals surface area contributed by atoms with E-state index in [4.69, 9.17) is 0 Å². The van der Waals surface area contributed by atoms with Crippen molar-refractivity contribution in [3.8, 4) is 0 Å². The number of rotatable bonds is 5. The summed E-state index contributed by atoms with van der Waals surface area (Å²) in [5.74, 6) is -0.0855. The van der Waals surface area contributed by atoms with Gasteiger partial charge in [0.25, 0.3) is 5.91 Å². The zero-order chi connectivity index (χ0) is 16.4. The van der Waals surface area contributed by atoms with Gasteiger partial charge in [0.05, 0.1) is 21.8 Å². The first kappa shape index (κ1) is 15.0. The molecule has 1 amide bonds. The summed E-state index contributed by atoms with van der Waals surface area (Å²) >= 11 is 3.17. The Labute approximate surface area is 146 Å². The highest BCUT2D eigenvalue weighted by Gasteiger charge is 2.16. The summed E-state index contributed by atoms with van der Waals surface area (Å²) < 4.78 is 2.89. The lowest BCUT2D eigenvalue weighted by atomic mass is 10.1. The van der Waals surface area contributed by atoms with Crippen LogP contribution in [0.1, 0.15) is 22.0 Å². The molecule has 0 spiro atoms. The van der Waals surface area contributed by atoms with Crippen LogP contribution in [0.3, 0.4) is 0 Å². The van der Waals surface area contributed by atoms with Crippen molar-refractivity contribution in [2.75, 3.05) is 6.54 Å². The maximum atomic E-state index is 12.5. The molecule has 0 saturated heterocycles. The molecular weight excluding hydrogens is 340 g/mol. The van der Waals surface area contributed by atoms with Gasteiger partial charge >= 0.3 is 0 Å². The van der Waals surface area contributed by atoms with Crippen LogP contribution in [-0.4, -0.2) is 27.2 Å². The number of carbonyl (C=O) groups excluding carboxylic acids is 1. The second-order valence-corrected chi connectivity index (χ2v) is 6.97. The molecule has 0 aliphatic rings. The third kappa shape index (κ3) is 2.95. The Kier molecular flexibility index (Phi) is 4.10. The molecule has 120 valence electrons. The van der Waals surface area contributed by atoms with E-state index in [-0.39, 0.29) is 11.9 Å². The second-order valence-electron chi connectivity index (χ2n) is 5.30. The zero-order valence-electron chi connectivity index (χ0n) is 12.6. The van der Waals surface area contributed by atoms with E-state index in [2.05, 4.69) is 26.8 Å². The number of hydrogen-bond donors (Lipinski definition) is 1. The normalized spacial score (nSPS) is 12.3. The standard InChI is InChI=1S/C17H14N4OS2/c22-17(12-2-3-14-16(8-12)24-11-19-14)18-9-15(13-4-7-23-10-13)21-6-1-5-20-21/h1-8,10-11,15H,9H2,(H,18,22). The van der Waals surface area contributed by atoms with Gasteiger partial charge in [-0.3, -0.25) is 9.48 Å². The predicted molar refractivity (Wildman–Crippen MR) is 96.6 cm³/mol. The molecule has 1 aromatic carbocycles. The topological polar surface area (TPSA) is 59.8 Å². The highest BCUT2D eigenvalue weighted by atomic mass is 32.1. The number of fused-ring (bicyclic) bond motifs is 1. The molecule has 4 aromatic rings. The van der Waals surface area contributed by atoms with Crippen molar-refractivity contribution in [3.63, 3.8) is 0 Å². The first-order valence-electron chi connectivity index (χ1n) is 7.44. The predicted octanol–water partition coefficient (Wildman–Crippen LogP) is 3.57. The van der Waals surface area contributed by atoms with Crippen LogP contribution in [0, 0.1) is 0 Å². The fourth-order valence-electron chi connectivity index (χ4n) is 2.58. The second kappa shape index (κ2) is 6.54. The van der Waals surface area contributed by atoms with Gasteiger partial charge in [0, 0.05) is 24.5 Å². The average Bonchev–Trinajstić information content (AvgIpc) is 3.36. The minimum Gasteiger partial charge on any atom is -0.350 e. The number of amides is 1. The first-order valence-corrected chi connectivity index (χ1v) is 9.26. The van der Waals surface area contributed by atoms with Gasteiger partial charge in [-0.2, -0.15) is 16.4 Å². The van der Waals surface area contributed by atoms with E-state index in [0.717, 1.165) is 15.8 Å². The van der Waals surface area contributed by atoms with Crippen LogP contribution in [0.4, 0.5) is 0 Å². The number of carbonyl (C=O) groups is 1. The van der Waals surface area contributed by atoms with Gasteiger partial charge in [-0.1, -0.05) is 0 Å². The molecule has 1 unspecified atom stereocenters. The molecule has 1 N–H and O–H groups in total. The minimum atomic E-state index is -0.0855. The Morgan fingerprint density at radius 3 is 3.08 bits per heavy atom. The van der Waals surface area contributed by atoms with Crippen molar-refractivity contribution >= 4 is 38.8 Å². The number of nitrogens with one attached hydrogen (secondary N) is 1. The summed E-state index contributed by atoms with van der Waals surface area (Å²) in [6, 6.07) is 9.51. The summed E-state index contributed by atoms with van der Waals surface area (Å²) in [5.41, 5.74) is 4.50. The van der Waals surface area contributed by atoms with Gasteiger partial charge in [0.2, 0.25) is 0 Å². The molecule has 3 aromatic heterocycles. The molecule has 0 aliphatic carbocycles. The molecule has 0 aliphatic heterocycles. The Hall–Kier alpha value is -2.51. The van der Waals surface area contributed by atoms with Crippen molar-refractivity contribution in [1.29, 1.82) is 0 Å². The van der Waals surface area contributed by atoms with E-state index < -0.39 is 0 Å². The van der Waals surface area contributed by atoms with Gasteiger partial charge in [-0.25, -0.2) is 4.98 Å². The highest BCUT2D eigenvalue weighted by Crippen LogP contribution is 2.21. The third-order valence-corrected chi connectivity index (χ3v) is 5.31. The summed E-state index contributed by atoms with van der Waals surface area (Å²) in [6.07, 6.45) is 3.66. The number of aromatic nitrogens is 3. The molecule has 3 heterocycles. The van der Waals surface area contributed by atoms with Crippen molar-refractivity contribution in [2.45, 2.75) is 6.04 Å². The van der Waals surface area contributed by atoms with Crippen molar-refractivity contribution in [3.05, 3.63) is 70.1 Å². The first-order chi connectivity index (χ1) is 11.8. The third-order valence-electron chi connectivity index (χ3n) is 3.82. The number of thiophene rings is 1. The molecule has 4 rings (SSSR count). The smallest absolute Gasteiger partial charge is 0.251 e. The molecule has 0 radical (unpaired) electrons. The van der Waals surface area contributed by atoms with Crippen LogP contribution in [0.25, 0.3) is 10.2 Å². The summed E-state index contributed by atoms with van der Waals surface area (Å²) in [5, 5.41) is 11.5. The van der Waals surface area contributed by atoms with Crippen LogP contribution in [-0.2, 0) is 0 Å². The van der Waals surface area contributed by atoms with Gasteiger partial charge in [-0.05, 0) is 46.7 Å². The quantitative estimate of drug-likeness (QED) is 0.596. The monoisotopic (exact) mass is 354 g/mol. The average molecular weight is 354 g/mol. The number of benzene rings is 1. The molecule has 0 fully saturated rings. The van der Waals surface area contributed by atoms with Crippen molar-refractivity contribution in [2.24, 2.45) is 0 Å². The number of nitrogens with zero attached hydrogens (tertiary/aromatic N) is 3. The van der Waals surface area contributed by atoms with Crippen LogP contribution in [0.15, 0.2) is 59.0 Å². The summed E-state index contributed by atoms with van der Waals surface area (Å²) in [6.45, 7) is 0.484. The van der Waals surface area contributed by atoms with Gasteiger partial charge < -0.3 is 5.32 Å². The maximum absolute atomic E-state index is 12.5. The lowest BCUT2D eigenvalue weighted by Crippen LogP contribution is -2.31. The molecule has 0 saturated carbocycles. The lowest BCUT2D eigenvalue weighted by Gasteiger charge is -2.17. The lowest BCUT2D eigenvalue weighted by molar-refractivity contribution is 0.0949. The molecule has 7 heteroatoms. The Morgan fingerprint density at radius 1 is 1.33 bits per heavy atom. The SMILES string of the molecule is O=C(NCC(c1ccsc1)n1cccn1)c1ccc2ncsc2c1. The van der Waals surface area contributed by atoms with Gasteiger partial charge in [0.1, 0.15) is 0 Å². The fraction of sp³-hybridized carbons (Fsp3) is 0.118.